The zero-order valence-corrected chi connectivity index (χ0v) is 17.9. The van der Waals surface area contributed by atoms with Gasteiger partial charge < -0.3 is 19.7 Å². The number of halogens is 20. The van der Waals surface area contributed by atoms with Gasteiger partial charge in [-0.2, -0.15) is 87.8 Å². The molecule has 234 valence electrons. The molecule has 1 heterocycles. The van der Waals surface area contributed by atoms with E-state index in [1.807, 2.05) is 0 Å². The lowest BCUT2D eigenvalue weighted by molar-refractivity contribution is -0.459. The Balaban J connectivity index is 4.45. The molecule has 1 aliphatic heterocycles. The zero-order valence-electron chi connectivity index (χ0n) is 17.9. The predicted molar refractivity (Wildman–Crippen MR) is 77.7 cm³/mol. The fourth-order valence-electron chi connectivity index (χ4n) is 3.34. The van der Waals surface area contributed by atoms with E-state index in [9.17, 15) is 98.0 Å². The van der Waals surface area contributed by atoms with Crippen molar-refractivity contribution in [3.05, 3.63) is 0 Å². The maximum atomic E-state index is 14.1. The third-order valence-corrected chi connectivity index (χ3v) is 5.26. The second-order valence-electron chi connectivity index (χ2n) is 8.30. The molecule has 0 amide bonds. The smallest absolute Gasteiger partial charge is 0.376 e. The Morgan fingerprint density at radius 3 is 0.692 bits per heavy atom. The van der Waals surface area contributed by atoms with Crippen molar-refractivity contribution in [1.82, 2.24) is 0 Å². The van der Waals surface area contributed by atoms with Crippen LogP contribution in [0.2, 0.25) is 0 Å². The van der Waals surface area contributed by atoms with Gasteiger partial charge in [-0.25, -0.2) is 0 Å². The molecular formula is C15H10F20O4. The van der Waals surface area contributed by atoms with E-state index < -0.39 is 77.6 Å². The van der Waals surface area contributed by atoms with Gasteiger partial charge in [-0.05, 0) is 13.8 Å². The molecule has 1 rings (SSSR count). The van der Waals surface area contributed by atoms with Gasteiger partial charge in [0.2, 0.25) is 11.2 Å². The topological polar surface area (TPSA) is 58.9 Å². The van der Waals surface area contributed by atoms with Crippen LogP contribution in [0, 0.1) is 0 Å². The quantitative estimate of drug-likeness (QED) is 0.366. The molecule has 39 heavy (non-hydrogen) atoms. The molecule has 1 saturated heterocycles. The van der Waals surface area contributed by atoms with Crippen LogP contribution in [-0.4, -0.2) is 87.8 Å². The summed E-state index contributed by atoms with van der Waals surface area (Å²) in [7, 11) is 0. The van der Waals surface area contributed by atoms with Crippen LogP contribution >= 0.6 is 0 Å². The van der Waals surface area contributed by atoms with Gasteiger partial charge in [-0.3, -0.25) is 0 Å². The Kier molecular flexibility index (Phi) is 7.93. The summed E-state index contributed by atoms with van der Waals surface area (Å²) in [5, 5.41) is 19.3. The monoisotopic (exact) mass is 634 g/mol. The average Bonchev–Trinajstić information content (AvgIpc) is 2.98. The maximum absolute atomic E-state index is 14.1. The summed E-state index contributed by atoms with van der Waals surface area (Å²) in [5.41, 5.74) is -15.4. The molecule has 1 aliphatic rings. The number of ether oxygens (including phenoxy) is 2. The van der Waals surface area contributed by atoms with Crippen LogP contribution in [0.25, 0.3) is 0 Å². The molecule has 0 aromatic carbocycles. The van der Waals surface area contributed by atoms with Crippen molar-refractivity contribution < 1.29 is 107 Å². The van der Waals surface area contributed by atoms with E-state index in [-0.39, 0.29) is 13.8 Å². The van der Waals surface area contributed by atoms with Gasteiger partial charge in [0.1, 0.15) is 12.2 Å². The first-order chi connectivity index (χ1) is 16.4. The standard InChI is InChI=1S/C15H10F20O4/c1-5(2)38-3(6(36,8(16,17)12(24,25)26)9(18,19)13(27,28)29)4(39-5)7(37,10(20,21)14(30,31)32)11(22,23)15(33,34)35/h3-4,36-37H,1-2H3/t3-,4-/m0/s1. The SMILES string of the molecule is CC1(C)O[C@H](C(O)(C(F)(F)C(F)(F)F)C(F)(F)C(F)(F)F)[C@@H](C(O)(C(F)(F)C(F)(F)F)C(F)(F)C(F)(F)F)O1. The van der Waals surface area contributed by atoms with Crippen molar-refractivity contribution in [3.8, 4) is 0 Å². The van der Waals surface area contributed by atoms with E-state index >= 15 is 0 Å². The van der Waals surface area contributed by atoms with E-state index in [1.54, 1.807) is 0 Å². The molecule has 0 aromatic heterocycles. The second-order valence-corrected chi connectivity index (χ2v) is 8.30. The first-order valence-electron chi connectivity index (χ1n) is 9.02. The Morgan fingerprint density at radius 2 is 0.564 bits per heavy atom. The Bertz CT molecular complexity index is 786. The van der Waals surface area contributed by atoms with Crippen LogP contribution in [-0.2, 0) is 9.47 Å². The highest BCUT2D eigenvalue weighted by Crippen LogP contribution is 2.64. The van der Waals surface area contributed by atoms with Crippen molar-refractivity contribution in [2.45, 2.75) is 91.4 Å². The molecule has 0 aromatic rings. The van der Waals surface area contributed by atoms with Gasteiger partial charge in [0.05, 0.1) is 0 Å². The predicted octanol–water partition coefficient (Wildman–Crippen LogP) is 5.76. The van der Waals surface area contributed by atoms with E-state index in [1.165, 1.54) is 0 Å². The Hall–Kier alpha value is -1.56. The highest BCUT2D eigenvalue weighted by atomic mass is 19.4. The number of alkyl halides is 20. The molecule has 1 fully saturated rings. The minimum absolute atomic E-state index is 0.185. The van der Waals surface area contributed by atoms with Crippen molar-refractivity contribution >= 4 is 0 Å². The van der Waals surface area contributed by atoms with E-state index in [4.69, 9.17) is 0 Å². The number of hydrogen-bond acceptors (Lipinski definition) is 4. The van der Waals surface area contributed by atoms with E-state index in [0.29, 0.717) is 0 Å². The van der Waals surface area contributed by atoms with Crippen LogP contribution in [0.15, 0.2) is 0 Å². The normalized spacial score (nSPS) is 23.4. The van der Waals surface area contributed by atoms with E-state index in [0.717, 1.165) is 0 Å². The molecule has 0 spiro atoms. The lowest BCUT2D eigenvalue weighted by Crippen LogP contribution is -2.82. The molecule has 24 heteroatoms. The molecule has 0 aliphatic carbocycles. The fourth-order valence-corrected chi connectivity index (χ4v) is 3.34. The summed E-state index contributed by atoms with van der Waals surface area (Å²) in [5.74, 6) is -36.4. The lowest BCUT2D eigenvalue weighted by atomic mass is 9.71. The van der Waals surface area contributed by atoms with Crippen LogP contribution in [0.3, 0.4) is 0 Å². The number of aliphatic hydroxyl groups is 2. The van der Waals surface area contributed by atoms with Crippen molar-refractivity contribution in [2.75, 3.05) is 0 Å². The highest BCUT2D eigenvalue weighted by molar-refractivity contribution is 5.24. The van der Waals surface area contributed by atoms with Gasteiger partial charge in [0.15, 0.2) is 5.79 Å². The maximum Gasteiger partial charge on any atom is 0.456 e. The summed E-state index contributed by atoms with van der Waals surface area (Å²) in [6.45, 7) is -0.370. The number of rotatable bonds is 6. The third-order valence-electron chi connectivity index (χ3n) is 5.26. The summed E-state index contributed by atoms with van der Waals surface area (Å²) < 4.78 is 275. The van der Waals surface area contributed by atoms with Gasteiger partial charge in [0.25, 0.3) is 0 Å². The van der Waals surface area contributed by atoms with Crippen molar-refractivity contribution in [1.29, 1.82) is 0 Å². The molecule has 0 saturated carbocycles. The minimum Gasteiger partial charge on any atom is -0.376 e. The molecule has 0 unspecified atom stereocenters. The van der Waals surface area contributed by atoms with Crippen molar-refractivity contribution in [3.63, 3.8) is 0 Å². The second kappa shape index (κ2) is 8.72. The summed E-state index contributed by atoms with van der Waals surface area (Å²) in [6, 6.07) is 0. The highest BCUT2D eigenvalue weighted by Gasteiger charge is 2.94. The lowest BCUT2D eigenvalue weighted by Gasteiger charge is -2.50. The molecule has 4 nitrogen and oxygen atoms in total. The Labute approximate surface area is 200 Å². The van der Waals surface area contributed by atoms with Crippen LogP contribution in [0.1, 0.15) is 13.8 Å². The minimum atomic E-state index is -8.16. The number of hydrogen-bond donors (Lipinski definition) is 2. The van der Waals surface area contributed by atoms with Gasteiger partial charge >= 0.3 is 48.4 Å². The van der Waals surface area contributed by atoms with Gasteiger partial charge in [0, 0.05) is 0 Å². The molecule has 2 N–H and O–H groups in total. The summed E-state index contributed by atoms with van der Waals surface area (Å²) in [4.78, 5) is 0. The van der Waals surface area contributed by atoms with Crippen LogP contribution < -0.4 is 0 Å². The van der Waals surface area contributed by atoms with Gasteiger partial charge in [-0.15, -0.1) is 0 Å². The fraction of sp³-hybridized carbons (Fsp3) is 1.00. The average molecular weight is 634 g/mol. The largest absolute Gasteiger partial charge is 0.456 e. The first-order valence-corrected chi connectivity index (χ1v) is 9.02. The Morgan fingerprint density at radius 1 is 0.410 bits per heavy atom. The van der Waals surface area contributed by atoms with Crippen molar-refractivity contribution in [2.24, 2.45) is 0 Å². The first kappa shape index (κ1) is 35.5. The molecule has 0 bridgehead atoms. The van der Waals surface area contributed by atoms with Crippen LogP contribution in [0.5, 0.6) is 0 Å². The third kappa shape index (κ3) is 4.65. The molecular weight excluding hydrogens is 624 g/mol. The molecule has 2 atom stereocenters. The summed E-state index contributed by atoms with van der Waals surface area (Å²) >= 11 is 0. The summed E-state index contributed by atoms with van der Waals surface area (Å²) in [6.07, 6.45) is -43.1. The van der Waals surface area contributed by atoms with Gasteiger partial charge in [-0.1, -0.05) is 0 Å². The zero-order chi connectivity index (χ0) is 32.1. The van der Waals surface area contributed by atoms with Crippen LogP contribution in [0.4, 0.5) is 87.8 Å². The molecule has 0 radical (unpaired) electrons. The van der Waals surface area contributed by atoms with E-state index in [2.05, 4.69) is 9.47 Å².